The fourth-order valence-electron chi connectivity index (χ4n) is 1.40. The lowest BCUT2D eigenvalue weighted by molar-refractivity contribution is 0.130. The summed E-state index contributed by atoms with van der Waals surface area (Å²) in [5.74, 6) is 0.618. The van der Waals surface area contributed by atoms with Gasteiger partial charge in [-0.3, -0.25) is 0 Å². The van der Waals surface area contributed by atoms with Crippen LogP contribution in [0.4, 0.5) is 5.95 Å². The molecule has 2 aromatic rings. The SMILES string of the molecule is Clc1ccc(COCCNc2ncccn2)cc1. The normalized spacial score (nSPS) is 10.3. The van der Waals surface area contributed by atoms with Gasteiger partial charge in [0, 0.05) is 24.0 Å². The van der Waals surface area contributed by atoms with Gasteiger partial charge in [0.05, 0.1) is 13.2 Å². The molecule has 0 spiro atoms. The van der Waals surface area contributed by atoms with E-state index in [1.165, 1.54) is 0 Å². The highest BCUT2D eigenvalue weighted by atomic mass is 35.5. The predicted molar refractivity (Wildman–Crippen MR) is 71.6 cm³/mol. The van der Waals surface area contributed by atoms with Crippen molar-refractivity contribution in [3.8, 4) is 0 Å². The Bertz CT molecular complexity index is 461. The Kier molecular flexibility index (Phi) is 4.93. The molecule has 0 atom stereocenters. The molecule has 18 heavy (non-hydrogen) atoms. The molecular formula is C13H14ClN3O. The number of nitrogens with zero attached hydrogens (tertiary/aromatic N) is 2. The number of rotatable bonds is 6. The molecule has 0 aliphatic rings. The third-order valence-corrected chi connectivity index (χ3v) is 2.53. The first kappa shape index (κ1) is 12.8. The van der Waals surface area contributed by atoms with Gasteiger partial charge in [0.25, 0.3) is 0 Å². The van der Waals surface area contributed by atoms with Crippen LogP contribution in [0.1, 0.15) is 5.56 Å². The molecule has 0 bridgehead atoms. The maximum absolute atomic E-state index is 5.80. The molecule has 0 saturated heterocycles. The van der Waals surface area contributed by atoms with Crippen LogP contribution >= 0.6 is 11.6 Å². The van der Waals surface area contributed by atoms with Crippen LogP contribution in [0.15, 0.2) is 42.7 Å². The summed E-state index contributed by atoms with van der Waals surface area (Å²) >= 11 is 5.80. The van der Waals surface area contributed by atoms with Crippen LogP contribution in [0.3, 0.4) is 0 Å². The van der Waals surface area contributed by atoms with Gasteiger partial charge in [0.1, 0.15) is 0 Å². The minimum Gasteiger partial charge on any atom is -0.375 e. The van der Waals surface area contributed by atoms with E-state index in [-0.39, 0.29) is 0 Å². The van der Waals surface area contributed by atoms with Crippen molar-refractivity contribution in [3.05, 3.63) is 53.3 Å². The lowest BCUT2D eigenvalue weighted by atomic mass is 10.2. The van der Waals surface area contributed by atoms with E-state index in [2.05, 4.69) is 15.3 Å². The Morgan fingerprint density at radius 2 is 1.83 bits per heavy atom. The number of anilines is 1. The average Bonchev–Trinajstić information content (AvgIpc) is 2.42. The van der Waals surface area contributed by atoms with Crippen molar-refractivity contribution in [2.45, 2.75) is 6.61 Å². The zero-order valence-electron chi connectivity index (χ0n) is 9.84. The van der Waals surface area contributed by atoms with Gasteiger partial charge in [-0.1, -0.05) is 23.7 Å². The van der Waals surface area contributed by atoms with E-state index < -0.39 is 0 Å². The number of halogens is 1. The predicted octanol–water partition coefficient (Wildman–Crippen LogP) is 2.76. The topological polar surface area (TPSA) is 47.0 Å². The average molecular weight is 264 g/mol. The molecular weight excluding hydrogens is 250 g/mol. The van der Waals surface area contributed by atoms with Crippen molar-refractivity contribution in [2.24, 2.45) is 0 Å². The van der Waals surface area contributed by atoms with Crippen molar-refractivity contribution >= 4 is 17.5 Å². The number of aromatic nitrogens is 2. The smallest absolute Gasteiger partial charge is 0.222 e. The molecule has 1 heterocycles. The lowest BCUT2D eigenvalue weighted by Crippen LogP contribution is -2.11. The number of nitrogens with one attached hydrogen (secondary N) is 1. The molecule has 1 aromatic heterocycles. The van der Waals surface area contributed by atoms with E-state index in [4.69, 9.17) is 16.3 Å². The van der Waals surface area contributed by atoms with Crippen LogP contribution in [0.25, 0.3) is 0 Å². The molecule has 1 aromatic carbocycles. The third kappa shape index (κ3) is 4.31. The van der Waals surface area contributed by atoms with Crippen LogP contribution in [0, 0.1) is 0 Å². The Hall–Kier alpha value is -1.65. The Morgan fingerprint density at radius 1 is 1.11 bits per heavy atom. The molecule has 94 valence electrons. The van der Waals surface area contributed by atoms with E-state index in [9.17, 15) is 0 Å². The fraction of sp³-hybridized carbons (Fsp3) is 0.231. The highest BCUT2D eigenvalue weighted by molar-refractivity contribution is 6.30. The van der Waals surface area contributed by atoms with E-state index in [0.29, 0.717) is 25.7 Å². The minimum atomic E-state index is 0.578. The highest BCUT2D eigenvalue weighted by Gasteiger charge is 1.95. The molecule has 0 aliphatic carbocycles. The molecule has 5 heteroatoms. The summed E-state index contributed by atoms with van der Waals surface area (Å²) in [6, 6.07) is 9.40. The quantitative estimate of drug-likeness (QED) is 0.814. The largest absolute Gasteiger partial charge is 0.375 e. The van der Waals surface area contributed by atoms with E-state index in [1.54, 1.807) is 18.5 Å². The van der Waals surface area contributed by atoms with Gasteiger partial charge in [-0.15, -0.1) is 0 Å². The Morgan fingerprint density at radius 3 is 2.56 bits per heavy atom. The first-order chi connectivity index (χ1) is 8.84. The van der Waals surface area contributed by atoms with Gasteiger partial charge in [-0.2, -0.15) is 0 Å². The number of hydrogen-bond acceptors (Lipinski definition) is 4. The van der Waals surface area contributed by atoms with E-state index >= 15 is 0 Å². The lowest BCUT2D eigenvalue weighted by Gasteiger charge is -2.06. The fourth-order valence-corrected chi connectivity index (χ4v) is 1.52. The highest BCUT2D eigenvalue weighted by Crippen LogP contribution is 2.10. The van der Waals surface area contributed by atoms with Gasteiger partial charge in [-0.25, -0.2) is 9.97 Å². The van der Waals surface area contributed by atoms with Gasteiger partial charge in [0.15, 0.2) is 0 Å². The van der Waals surface area contributed by atoms with Gasteiger partial charge in [-0.05, 0) is 23.8 Å². The Labute approximate surface area is 111 Å². The maximum Gasteiger partial charge on any atom is 0.222 e. The summed E-state index contributed by atoms with van der Waals surface area (Å²) in [7, 11) is 0. The van der Waals surface area contributed by atoms with Crippen molar-refractivity contribution in [1.29, 1.82) is 0 Å². The van der Waals surface area contributed by atoms with Crippen molar-refractivity contribution in [1.82, 2.24) is 9.97 Å². The van der Waals surface area contributed by atoms with E-state index in [0.717, 1.165) is 10.6 Å². The second kappa shape index (κ2) is 6.93. The molecule has 0 aliphatic heterocycles. The summed E-state index contributed by atoms with van der Waals surface area (Å²) in [6.07, 6.45) is 3.40. The number of ether oxygens (including phenoxy) is 1. The van der Waals surface area contributed by atoms with E-state index in [1.807, 2.05) is 24.3 Å². The number of benzene rings is 1. The third-order valence-electron chi connectivity index (χ3n) is 2.28. The second-order valence-electron chi connectivity index (χ2n) is 3.68. The summed E-state index contributed by atoms with van der Waals surface area (Å²) in [6.45, 7) is 1.85. The first-order valence-corrected chi connectivity index (χ1v) is 6.05. The molecule has 0 saturated carbocycles. The summed E-state index contributed by atoms with van der Waals surface area (Å²) in [5, 5.41) is 3.81. The van der Waals surface area contributed by atoms with Crippen molar-refractivity contribution < 1.29 is 4.74 Å². The molecule has 0 unspecified atom stereocenters. The first-order valence-electron chi connectivity index (χ1n) is 5.68. The van der Waals surface area contributed by atoms with Crippen LogP contribution in [0.2, 0.25) is 5.02 Å². The van der Waals surface area contributed by atoms with Crippen LogP contribution < -0.4 is 5.32 Å². The minimum absolute atomic E-state index is 0.578. The second-order valence-corrected chi connectivity index (χ2v) is 4.11. The van der Waals surface area contributed by atoms with Crippen LogP contribution in [-0.4, -0.2) is 23.1 Å². The molecule has 1 N–H and O–H groups in total. The molecule has 0 radical (unpaired) electrons. The summed E-state index contributed by atoms with van der Waals surface area (Å²) < 4.78 is 5.52. The van der Waals surface area contributed by atoms with Crippen molar-refractivity contribution in [2.75, 3.05) is 18.5 Å². The maximum atomic E-state index is 5.80. The molecule has 2 rings (SSSR count). The zero-order chi connectivity index (χ0) is 12.6. The molecule has 4 nitrogen and oxygen atoms in total. The molecule has 0 fully saturated rings. The van der Waals surface area contributed by atoms with Crippen LogP contribution in [0.5, 0.6) is 0 Å². The van der Waals surface area contributed by atoms with Crippen molar-refractivity contribution in [3.63, 3.8) is 0 Å². The molecule has 0 amide bonds. The number of hydrogen-bond donors (Lipinski definition) is 1. The van der Waals surface area contributed by atoms with Gasteiger partial charge >= 0.3 is 0 Å². The van der Waals surface area contributed by atoms with Crippen LogP contribution in [-0.2, 0) is 11.3 Å². The summed E-state index contributed by atoms with van der Waals surface area (Å²) in [4.78, 5) is 8.10. The zero-order valence-corrected chi connectivity index (χ0v) is 10.6. The Balaban J connectivity index is 1.63. The van der Waals surface area contributed by atoms with Gasteiger partial charge in [0.2, 0.25) is 5.95 Å². The summed E-state index contributed by atoms with van der Waals surface area (Å²) in [5.41, 5.74) is 1.11. The van der Waals surface area contributed by atoms with Gasteiger partial charge < -0.3 is 10.1 Å². The standard InChI is InChI=1S/C13H14ClN3O/c14-12-4-2-11(3-5-12)10-18-9-8-17-13-15-6-1-7-16-13/h1-7H,8-10H2,(H,15,16,17). The monoisotopic (exact) mass is 263 g/mol.